The van der Waals surface area contributed by atoms with E-state index < -0.39 is 21.7 Å². The summed E-state index contributed by atoms with van der Waals surface area (Å²) in [4.78, 5) is 0.234. The SMILES string of the molecule is CC1(C)O[C@@H]2CO/C(=C/S(=O)(=O)c3ccccc3)[C@@H]2O1. The van der Waals surface area contributed by atoms with E-state index in [0.717, 1.165) is 5.41 Å². The Balaban J connectivity index is 1.90. The number of benzene rings is 1. The molecule has 0 amide bonds. The topological polar surface area (TPSA) is 61.8 Å². The van der Waals surface area contributed by atoms with Gasteiger partial charge in [0.15, 0.2) is 5.79 Å². The molecule has 2 fully saturated rings. The lowest BCUT2D eigenvalue weighted by atomic mass is 10.2. The minimum Gasteiger partial charge on any atom is -0.491 e. The van der Waals surface area contributed by atoms with Crippen LogP contribution in [0.4, 0.5) is 0 Å². The molecular formula is C14H16O5S. The molecule has 1 aromatic rings. The summed E-state index contributed by atoms with van der Waals surface area (Å²) in [6.07, 6.45) is -0.703. The van der Waals surface area contributed by atoms with Gasteiger partial charge in [0.1, 0.15) is 24.6 Å². The van der Waals surface area contributed by atoms with Crippen molar-refractivity contribution >= 4 is 9.84 Å². The Morgan fingerprint density at radius 2 is 1.90 bits per heavy atom. The third-order valence-electron chi connectivity index (χ3n) is 3.22. The predicted molar refractivity (Wildman–Crippen MR) is 71.5 cm³/mol. The van der Waals surface area contributed by atoms with E-state index in [4.69, 9.17) is 14.2 Å². The highest BCUT2D eigenvalue weighted by molar-refractivity contribution is 7.94. The summed E-state index contributed by atoms with van der Waals surface area (Å²) in [5.74, 6) is -0.404. The third-order valence-corrected chi connectivity index (χ3v) is 4.69. The first-order valence-corrected chi connectivity index (χ1v) is 7.92. The van der Waals surface area contributed by atoms with Gasteiger partial charge in [0, 0.05) is 0 Å². The summed E-state index contributed by atoms with van der Waals surface area (Å²) in [6, 6.07) is 8.23. The van der Waals surface area contributed by atoms with Crippen LogP contribution in [-0.4, -0.2) is 33.0 Å². The summed E-state index contributed by atoms with van der Waals surface area (Å²) in [6.45, 7) is 3.91. The maximum Gasteiger partial charge on any atom is 0.203 e. The Morgan fingerprint density at radius 3 is 2.60 bits per heavy atom. The van der Waals surface area contributed by atoms with Crippen molar-refractivity contribution in [2.45, 2.75) is 36.7 Å². The molecule has 0 saturated carbocycles. The summed E-state index contributed by atoms with van der Waals surface area (Å²) in [7, 11) is -3.54. The van der Waals surface area contributed by atoms with Crippen molar-refractivity contribution in [2.24, 2.45) is 0 Å². The Morgan fingerprint density at radius 1 is 1.20 bits per heavy atom. The summed E-state index contributed by atoms with van der Waals surface area (Å²) >= 11 is 0. The molecule has 108 valence electrons. The normalized spacial score (nSPS) is 30.2. The molecule has 5 nitrogen and oxygen atoms in total. The van der Waals surface area contributed by atoms with Crippen molar-refractivity contribution < 1.29 is 22.6 Å². The molecule has 6 heteroatoms. The average molecular weight is 296 g/mol. The maximum absolute atomic E-state index is 12.3. The molecule has 20 heavy (non-hydrogen) atoms. The van der Waals surface area contributed by atoms with Gasteiger partial charge in [0.2, 0.25) is 9.84 Å². The van der Waals surface area contributed by atoms with Crippen molar-refractivity contribution in [2.75, 3.05) is 6.61 Å². The summed E-state index contributed by atoms with van der Waals surface area (Å²) in [5, 5.41) is 1.14. The van der Waals surface area contributed by atoms with Crippen molar-refractivity contribution in [1.82, 2.24) is 0 Å². The van der Waals surface area contributed by atoms with Crippen LogP contribution in [-0.2, 0) is 24.0 Å². The minimum absolute atomic E-state index is 0.234. The van der Waals surface area contributed by atoms with Crippen LogP contribution >= 0.6 is 0 Å². The first kappa shape index (κ1) is 13.6. The van der Waals surface area contributed by atoms with Crippen LogP contribution < -0.4 is 0 Å². The molecule has 2 heterocycles. The second kappa shape index (κ2) is 4.58. The fraction of sp³-hybridized carbons (Fsp3) is 0.429. The lowest BCUT2D eigenvalue weighted by Gasteiger charge is -2.18. The van der Waals surface area contributed by atoms with Crippen LogP contribution in [0.25, 0.3) is 0 Å². The van der Waals surface area contributed by atoms with Gasteiger partial charge in [-0.3, -0.25) is 0 Å². The Hall–Kier alpha value is -1.37. The molecule has 0 bridgehead atoms. The molecule has 1 aromatic carbocycles. The molecule has 0 N–H and O–H groups in total. The zero-order valence-electron chi connectivity index (χ0n) is 11.3. The summed E-state index contributed by atoms with van der Waals surface area (Å²) in [5.41, 5.74) is 0. The van der Waals surface area contributed by atoms with E-state index in [2.05, 4.69) is 0 Å². The van der Waals surface area contributed by atoms with E-state index in [1.54, 1.807) is 44.2 Å². The fourth-order valence-electron chi connectivity index (χ4n) is 2.39. The Labute approximate surface area is 118 Å². The van der Waals surface area contributed by atoms with Crippen LogP contribution in [0.2, 0.25) is 0 Å². The minimum atomic E-state index is -3.54. The summed E-state index contributed by atoms with van der Waals surface area (Å²) < 4.78 is 41.3. The quantitative estimate of drug-likeness (QED) is 0.833. The van der Waals surface area contributed by atoms with Gasteiger partial charge in [-0.15, -0.1) is 0 Å². The molecule has 2 atom stereocenters. The number of rotatable bonds is 2. The number of ether oxygens (including phenoxy) is 3. The lowest BCUT2D eigenvalue weighted by Crippen LogP contribution is -2.23. The van der Waals surface area contributed by atoms with Gasteiger partial charge in [0.05, 0.1) is 10.3 Å². The van der Waals surface area contributed by atoms with Crippen molar-refractivity contribution in [3.63, 3.8) is 0 Å². The van der Waals surface area contributed by atoms with Crippen LogP contribution in [0.15, 0.2) is 46.4 Å². The van der Waals surface area contributed by atoms with Crippen LogP contribution in [0, 0.1) is 0 Å². The number of fused-ring (bicyclic) bond motifs is 1. The zero-order valence-corrected chi connectivity index (χ0v) is 12.1. The van der Waals surface area contributed by atoms with E-state index in [0.29, 0.717) is 12.4 Å². The van der Waals surface area contributed by atoms with E-state index in [1.165, 1.54) is 0 Å². The van der Waals surface area contributed by atoms with Gasteiger partial charge in [-0.25, -0.2) is 8.42 Å². The molecule has 2 saturated heterocycles. The molecule has 0 aromatic heterocycles. The molecule has 0 radical (unpaired) electrons. The second-order valence-electron chi connectivity index (χ2n) is 5.28. The zero-order chi connectivity index (χ0) is 14.4. The van der Waals surface area contributed by atoms with Gasteiger partial charge in [0.25, 0.3) is 0 Å². The van der Waals surface area contributed by atoms with Gasteiger partial charge in [-0.1, -0.05) is 18.2 Å². The molecular weight excluding hydrogens is 280 g/mol. The lowest BCUT2D eigenvalue weighted by molar-refractivity contribution is -0.157. The van der Waals surface area contributed by atoms with Crippen molar-refractivity contribution in [1.29, 1.82) is 0 Å². The first-order valence-electron chi connectivity index (χ1n) is 6.38. The van der Waals surface area contributed by atoms with Crippen LogP contribution in [0.1, 0.15) is 13.8 Å². The largest absolute Gasteiger partial charge is 0.491 e. The highest BCUT2D eigenvalue weighted by Crippen LogP contribution is 2.37. The fourth-order valence-corrected chi connectivity index (χ4v) is 3.57. The molecule has 3 rings (SSSR count). The molecule has 2 aliphatic rings. The van der Waals surface area contributed by atoms with E-state index in [9.17, 15) is 8.42 Å². The van der Waals surface area contributed by atoms with Gasteiger partial charge in [-0.2, -0.15) is 0 Å². The van der Waals surface area contributed by atoms with E-state index in [1.807, 2.05) is 0 Å². The van der Waals surface area contributed by atoms with Crippen LogP contribution in [0.3, 0.4) is 0 Å². The predicted octanol–water partition coefficient (Wildman–Crippen LogP) is 1.85. The third kappa shape index (κ3) is 2.46. The van der Waals surface area contributed by atoms with E-state index in [-0.39, 0.29) is 11.0 Å². The average Bonchev–Trinajstić information content (AvgIpc) is 2.87. The number of hydrogen-bond donors (Lipinski definition) is 0. The highest BCUT2D eigenvalue weighted by atomic mass is 32.2. The Bertz CT molecular complexity index is 633. The van der Waals surface area contributed by atoms with Gasteiger partial charge >= 0.3 is 0 Å². The van der Waals surface area contributed by atoms with Crippen molar-refractivity contribution in [3.8, 4) is 0 Å². The molecule has 0 aliphatic carbocycles. The first-order chi connectivity index (χ1) is 9.37. The number of hydrogen-bond acceptors (Lipinski definition) is 5. The van der Waals surface area contributed by atoms with Crippen molar-refractivity contribution in [3.05, 3.63) is 41.5 Å². The smallest absolute Gasteiger partial charge is 0.203 e. The second-order valence-corrected chi connectivity index (χ2v) is 7.08. The molecule has 0 unspecified atom stereocenters. The highest BCUT2D eigenvalue weighted by Gasteiger charge is 2.48. The number of sulfone groups is 1. The van der Waals surface area contributed by atoms with Gasteiger partial charge in [-0.05, 0) is 26.0 Å². The Kier molecular flexibility index (Phi) is 3.12. The molecule has 0 spiro atoms. The maximum atomic E-state index is 12.3. The van der Waals surface area contributed by atoms with Gasteiger partial charge < -0.3 is 14.2 Å². The monoisotopic (exact) mass is 296 g/mol. The van der Waals surface area contributed by atoms with Crippen LogP contribution in [0.5, 0.6) is 0 Å². The van der Waals surface area contributed by atoms with E-state index >= 15 is 0 Å². The standard InChI is InChI=1S/C14H16O5S/c1-14(2)18-11-8-17-12(13(11)19-14)9-20(15,16)10-6-4-3-5-7-10/h3-7,9,11,13H,8H2,1-2H3/b12-9+/t11-,13-/m1/s1. The molecule has 2 aliphatic heterocycles.